The van der Waals surface area contributed by atoms with E-state index in [-0.39, 0.29) is 52.1 Å². The van der Waals surface area contributed by atoms with Crippen LogP contribution in [0.1, 0.15) is 37.7 Å². The molecule has 0 spiro atoms. The zero-order valence-corrected chi connectivity index (χ0v) is 25.9. The van der Waals surface area contributed by atoms with Crippen LogP contribution in [0.3, 0.4) is 0 Å². The molecular formula is C36H32F4N6O2. The summed E-state index contributed by atoms with van der Waals surface area (Å²) in [6, 6.07) is 5.35. The number of aromatic hydroxyl groups is 1. The van der Waals surface area contributed by atoms with Gasteiger partial charge >= 0.3 is 6.01 Å². The maximum Gasteiger partial charge on any atom is 0.319 e. The maximum atomic E-state index is 16.9. The van der Waals surface area contributed by atoms with Crippen LogP contribution in [-0.4, -0.2) is 74.9 Å². The molecule has 2 unspecified atom stereocenters. The Kier molecular flexibility index (Phi) is 7.30. The number of nitrogens with one attached hydrogen (secondary N) is 1. The number of nitrogens with zero attached hydrogens (tertiary/aromatic N) is 5. The van der Waals surface area contributed by atoms with Gasteiger partial charge in [-0.05, 0) is 73.9 Å². The molecule has 246 valence electrons. The summed E-state index contributed by atoms with van der Waals surface area (Å²) in [5.41, 5.74) is -0.608. The number of aromatic nitrogens is 3. The highest BCUT2D eigenvalue weighted by Gasteiger charge is 2.48. The molecule has 2 bridgehead atoms. The minimum absolute atomic E-state index is 0.0486. The molecule has 4 aliphatic heterocycles. The van der Waals surface area contributed by atoms with Crippen molar-refractivity contribution in [2.24, 2.45) is 0 Å². The molecule has 2 aromatic heterocycles. The highest BCUT2D eigenvalue weighted by Crippen LogP contribution is 2.43. The van der Waals surface area contributed by atoms with E-state index in [1.165, 1.54) is 36.5 Å². The normalized spacial score (nSPS) is 26.3. The standard InChI is InChI=1S/C36H32F4N6O2/c1-2-25-28(39)5-4-22-12-24(47)13-26(29(22)25)31-30(40)32-27(16-41-31)33(45-18-23-6-8-35(19-45,44-23)9-10-37)43-34(42-32)48-20-36-7-3-11-46(36)17-21(14-36)15-38/h1,4-5,9-10,12-13,15-16,23,44,47H,3,6-8,11,14,17-20H2/b10-9?,21-15+/t23?,35?,36-/m0/s1. The summed E-state index contributed by atoms with van der Waals surface area (Å²) in [4.78, 5) is 18.0. The second kappa shape index (κ2) is 11.5. The predicted molar refractivity (Wildman–Crippen MR) is 174 cm³/mol. The number of terminal acetylenes is 1. The van der Waals surface area contributed by atoms with Crippen LogP contribution >= 0.6 is 0 Å². The average molecular weight is 657 g/mol. The van der Waals surface area contributed by atoms with E-state index in [1.807, 2.05) is 4.90 Å². The largest absolute Gasteiger partial charge is 0.508 e. The van der Waals surface area contributed by atoms with Crippen molar-refractivity contribution in [3.63, 3.8) is 0 Å². The number of hydrogen-bond acceptors (Lipinski definition) is 8. The van der Waals surface area contributed by atoms with Gasteiger partial charge in [0.2, 0.25) is 0 Å². The van der Waals surface area contributed by atoms with E-state index in [4.69, 9.17) is 16.1 Å². The monoisotopic (exact) mass is 656 g/mol. The van der Waals surface area contributed by atoms with Gasteiger partial charge in [-0.1, -0.05) is 12.0 Å². The van der Waals surface area contributed by atoms with Gasteiger partial charge in [-0.25, -0.2) is 17.6 Å². The quantitative estimate of drug-likeness (QED) is 0.191. The first-order valence-electron chi connectivity index (χ1n) is 16.0. The van der Waals surface area contributed by atoms with Gasteiger partial charge in [0.05, 0.1) is 34.7 Å². The highest BCUT2D eigenvalue weighted by atomic mass is 19.1. The van der Waals surface area contributed by atoms with E-state index < -0.39 is 22.7 Å². The van der Waals surface area contributed by atoms with Crippen molar-refractivity contribution in [3.05, 3.63) is 72.0 Å². The molecular weight excluding hydrogens is 624 g/mol. The predicted octanol–water partition coefficient (Wildman–Crippen LogP) is 6.07. The van der Waals surface area contributed by atoms with Crippen molar-refractivity contribution in [2.45, 2.75) is 49.2 Å². The molecule has 2 N–H and O–H groups in total. The van der Waals surface area contributed by atoms with Gasteiger partial charge in [-0.2, -0.15) is 9.97 Å². The molecule has 0 amide bonds. The number of benzene rings is 2. The van der Waals surface area contributed by atoms with E-state index >= 15 is 4.39 Å². The molecule has 4 fully saturated rings. The third-order valence-electron chi connectivity index (χ3n) is 10.4. The summed E-state index contributed by atoms with van der Waals surface area (Å²) in [5, 5.41) is 15.0. The van der Waals surface area contributed by atoms with Gasteiger partial charge < -0.3 is 20.1 Å². The van der Waals surface area contributed by atoms with E-state index in [0.717, 1.165) is 32.2 Å². The van der Waals surface area contributed by atoms with E-state index in [9.17, 15) is 18.3 Å². The highest BCUT2D eigenvalue weighted by molar-refractivity contribution is 6.03. The molecule has 4 saturated heterocycles. The van der Waals surface area contributed by atoms with Crippen molar-refractivity contribution in [3.8, 4) is 35.4 Å². The van der Waals surface area contributed by atoms with E-state index in [2.05, 4.69) is 26.1 Å². The van der Waals surface area contributed by atoms with Gasteiger partial charge in [0.25, 0.3) is 0 Å². The smallest absolute Gasteiger partial charge is 0.319 e. The van der Waals surface area contributed by atoms with Crippen LogP contribution in [0.4, 0.5) is 23.4 Å². The third-order valence-corrected chi connectivity index (χ3v) is 10.4. The van der Waals surface area contributed by atoms with Gasteiger partial charge in [-0.15, -0.1) is 6.42 Å². The van der Waals surface area contributed by atoms with Crippen LogP contribution in [0.25, 0.3) is 32.9 Å². The number of rotatable bonds is 6. The lowest BCUT2D eigenvalue weighted by atomic mass is 9.94. The number of ether oxygens (including phenoxy) is 1. The lowest BCUT2D eigenvalue weighted by Gasteiger charge is -2.40. The van der Waals surface area contributed by atoms with Crippen LogP contribution < -0.4 is 15.0 Å². The molecule has 4 aromatic rings. The number of fused-ring (bicyclic) bond motifs is 5. The van der Waals surface area contributed by atoms with Gasteiger partial charge in [0, 0.05) is 42.8 Å². The lowest BCUT2D eigenvalue weighted by molar-refractivity contribution is 0.108. The molecule has 12 heteroatoms. The second-order valence-electron chi connectivity index (χ2n) is 13.4. The minimum Gasteiger partial charge on any atom is -0.508 e. The molecule has 3 atom stereocenters. The molecule has 48 heavy (non-hydrogen) atoms. The van der Waals surface area contributed by atoms with Crippen molar-refractivity contribution >= 4 is 27.5 Å². The van der Waals surface area contributed by atoms with E-state index in [0.29, 0.717) is 60.9 Å². The number of pyridine rings is 1. The number of hydrogen-bond donors (Lipinski definition) is 2. The Morgan fingerprint density at radius 2 is 2.06 bits per heavy atom. The first-order chi connectivity index (χ1) is 23.2. The first kappa shape index (κ1) is 30.6. The molecule has 0 radical (unpaired) electrons. The fourth-order valence-corrected chi connectivity index (χ4v) is 8.30. The number of phenols is 1. The van der Waals surface area contributed by atoms with Crippen LogP contribution in [0.5, 0.6) is 11.8 Å². The summed E-state index contributed by atoms with van der Waals surface area (Å²) in [6.07, 6.45) is 13.7. The van der Waals surface area contributed by atoms with E-state index in [1.54, 1.807) is 0 Å². The number of anilines is 1. The summed E-state index contributed by atoms with van der Waals surface area (Å²) in [5.74, 6) is 1.06. The maximum absolute atomic E-state index is 16.9. The number of halogens is 4. The Hall–Kier alpha value is -4.73. The fraction of sp³-hybridized carbons (Fsp3) is 0.361. The van der Waals surface area contributed by atoms with Crippen LogP contribution in [0.15, 0.2) is 54.8 Å². The van der Waals surface area contributed by atoms with Crippen molar-refractivity contribution in [2.75, 3.05) is 37.7 Å². The molecule has 6 heterocycles. The molecule has 0 saturated carbocycles. The van der Waals surface area contributed by atoms with Crippen LogP contribution in [0.2, 0.25) is 0 Å². The topological polar surface area (TPSA) is 86.6 Å². The van der Waals surface area contributed by atoms with Gasteiger partial charge in [0.1, 0.15) is 35.2 Å². The first-order valence-corrected chi connectivity index (χ1v) is 16.0. The molecule has 8 rings (SSSR count). The van der Waals surface area contributed by atoms with Crippen molar-refractivity contribution in [1.82, 2.24) is 25.2 Å². The van der Waals surface area contributed by atoms with Gasteiger partial charge in [-0.3, -0.25) is 9.88 Å². The summed E-state index contributed by atoms with van der Waals surface area (Å²) in [6.45, 7) is 2.41. The summed E-state index contributed by atoms with van der Waals surface area (Å²) >= 11 is 0. The minimum atomic E-state index is -0.833. The summed E-state index contributed by atoms with van der Waals surface area (Å²) < 4.78 is 65.1. The Bertz CT molecular complexity index is 2080. The van der Waals surface area contributed by atoms with Crippen LogP contribution in [-0.2, 0) is 0 Å². The fourth-order valence-electron chi connectivity index (χ4n) is 8.30. The summed E-state index contributed by atoms with van der Waals surface area (Å²) in [7, 11) is 0. The molecule has 0 aliphatic carbocycles. The molecule has 2 aromatic carbocycles. The van der Waals surface area contributed by atoms with Crippen molar-refractivity contribution in [1.29, 1.82) is 0 Å². The average Bonchev–Trinajstić information content (AvgIpc) is 3.73. The Labute approximate surface area is 274 Å². The molecule has 8 nitrogen and oxygen atoms in total. The Morgan fingerprint density at radius 3 is 2.88 bits per heavy atom. The van der Waals surface area contributed by atoms with Gasteiger partial charge in [0.15, 0.2) is 5.82 Å². The zero-order chi connectivity index (χ0) is 33.2. The lowest BCUT2D eigenvalue weighted by Crippen LogP contribution is -2.59. The Balaban J connectivity index is 1.28. The number of phenolic OH excluding ortho intramolecular Hbond substituents is 1. The third kappa shape index (κ3) is 4.87. The van der Waals surface area contributed by atoms with Crippen molar-refractivity contribution < 1.29 is 27.4 Å². The van der Waals surface area contributed by atoms with Crippen LogP contribution in [0, 0.1) is 24.0 Å². The Morgan fingerprint density at radius 1 is 1.19 bits per heavy atom. The zero-order valence-electron chi connectivity index (χ0n) is 25.9. The number of piperazine rings is 1. The second-order valence-corrected chi connectivity index (χ2v) is 13.4. The molecule has 4 aliphatic rings. The SMILES string of the molecule is C#Cc1c(F)ccc2cc(O)cc(-c3ncc4c(N5CC6CCC(C=CF)(C5)N6)nc(OC[C@@]56CCCN5C/C(=C/F)C6)nc4c3F)c12.